The fraction of sp³-hybridized carbons (Fsp3) is 0.300. The maximum Gasteiger partial charge on any atom is 0.338 e. The molecule has 0 fully saturated rings. The molecule has 0 spiro atoms. The third-order valence-electron chi connectivity index (χ3n) is 4.23. The van der Waals surface area contributed by atoms with Gasteiger partial charge in [-0.1, -0.05) is 12.1 Å². The van der Waals surface area contributed by atoms with Crippen LogP contribution in [0.4, 0.5) is 0 Å². The molecule has 1 atom stereocenters. The second-order valence-corrected chi connectivity index (χ2v) is 6.09. The Labute approximate surface area is 156 Å². The van der Waals surface area contributed by atoms with Gasteiger partial charge in [-0.15, -0.1) is 0 Å². The first-order chi connectivity index (χ1) is 13.0. The van der Waals surface area contributed by atoms with Crippen LogP contribution in [0.1, 0.15) is 45.2 Å². The van der Waals surface area contributed by atoms with Crippen LogP contribution in [0.3, 0.4) is 0 Å². The van der Waals surface area contributed by atoms with Crippen molar-refractivity contribution < 1.29 is 34.0 Å². The predicted molar refractivity (Wildman–Crippen MR) is 95.4 cm³/mol. The van der Waals surface area contributed by atoms with Crippen LogP contribution < -0.4 is 9.47 Å². The molecule has 0 aliphatic carbocycles. The number of methoxy groups -OCH3 is 1. The number of esters is 1. The normalized spacial score (nSPS) is 15.6. The van der Waals surface area contributed by atoms with Gasteiger partial charge in [0.2, 0.25) is 0 Å². The number of hydrogen-bond donors (Lipinski definition) is 2. The number of hydrogen-bond acceptors (Lipinski definition) is 7. The number of fused-ring (bicyclic) bond motifs is 1. The Hall–Kier alpha value is -3.06. The maximum atomic E-state index is 12.6. The highest BCUT2D eigenvalue weighted by atomic mass is 16.5. The van der Waals surface area contributed by atoms with Gasteiger partial charge in [-0.25, -0.2) is 4.79 Å². The lowest BCUT2D eigenvalue weighted by Crippen LogP contribution is -2.23. The van der Waals surface area contributed by atoms with Crippen molar-refractivity contribution in [3.05, 3.63) is 53.1 Å². The topological polar surface area (TPSA) is 102 Å². The Kier molecular flexibility index (Phi) is 5.61. The number of aliphatic hydroxyl groups is 1. The van der Waals surface area contributed by atoms with Crippen molar-refractivity contribution >= 4 is 11.8 Å². The summed E-state index contributed by atoms with van der Waals surface area (Å²) in [4.78, 5) is 24.6. The SMILES string of the molecule is COC(=O)c1cc(O)cc2c1C(=O)CC(c1ccc(OCCCO)cc1)O2. The minimum atomic E-state index is -0.707. The smallest absolute Gasteiger partial charge is 0.338 e. The van der Waals surface area contributed by atoms with E-state index in [9.17, 15) is 14.7 Å². The van der Waals surface area contributed by atoms with Crippen LogP contribution in [0.25, 0.3) is 0 Å². The van der Waals surface area contributed by atoms with Crippen molar-refractivity contribution in [1.82, 2.24) is 0 Å². The molecule has 7 nitrogen and oxygen atoms in total. The number of ether oxygens (including phenoxy) is 3. The van der Waals surface area contributed by atoms with Crippen molar-refractivity contribution in [3.63, 3.8) is 0 Å². The minimum absolute atomic E-state index is 0.0106. The zero-order chi connectivity index (χ0) is 19.4. The molecule has 2 N–H and O–H groups in total. The van der Waals surface area contributed by atoms with Crippen LogP contribution in [0, 0.1) is 0 Å². The summed E-state index contributed by atoms with van der Waals surface area (Å²) in [5.41, 5.74) is 0.884. The lowest BCUT2D eigenvalue weighted by atomic mass is 9.92. The number of Topliss-reactive ketones (excluding diaryl/α,β-unsaturated/α-hetero) is 1. The predicted octanol–water partition coefficient (Wildman–Crippen LogP) is 2.65. The van der Waals surface area contributed by atoms with Crippen molar-refractivity contribution in [3.8, 4) is 17.2 Å². The standard InChI is InChI=1S/C20H20O7/c1-25-20(24)15-9-13(22)10-18-19(15)16(23)11-17(27-18)12-3-5-14(6-4-12)26-8-2-7-21/h3-6,9-10,17,21-22H,2,7-8,11H2,1H3. The van der Waals surface area contributed by atoms with E-state index in [1.165, 1.54) is 19.2 Å². The number of phenolic OH excluding ortho intramolecular Hbond substituents is 1. The zero-order valence-electron chi connectivity index (χ0n) is 14.8. The summed E-state index contributed by atoms with van der Waals surface area (Å²) in [5, 5.41) is 18.6. The van der Waals surface area contributed by atoms with E-state index in [4.69, 9.17) is 14.6 Å². The van der Waals surface area contributed by atoms with Crippen LogP contribution in [0.5, 0.6) is 17.2 Å². The molecule has 1 heterocycles. The lowest BCUT2D eigenvalue weighted by molar-refractivity contribution is 0.0590. The van der Waals surface area contributed by atoms with E-state index in [1.807, 2.05) is 0 Å². The molecule has 7 heteroatoms. The van der Waals surface area contributed by atoms with Gasteiger partial charge < -0.3 is 24.4 Å². The van der Waals surface area contributed by atoms with Crippen molar-refractivity contribution in [1.29, 1.82) is 0 Å². The monoisotopic (exact) mass is 372 g/mol. The molecule has 3 rings (SSSR count). The summed E-state index contributed by atoms with van der Waals surface area (Å²) < 4.78 is 16.0. The highest BCUT2D eigenvalue weighted by molar-refractivity contribution is 6.09. The quantitative estimate of drug-likeness (QED) is 0.594. The highest BCUT2D eigenvalue weighted by Gasteiger charge is 2.32. The molecule has 0 saturated heterocycles. The molecule has 0 saturated carbocycles. The van der Waals surface area contributed by atoms with E-state index in [-0.39, 0.29) is 41.4 Å². The molecule has 0 bridgehead atoms. The number of carbonyl (C=O) groups excluding carboxylic acids is 2. The highest BCUT2D eigenvalue weighted by Crippen LogP contribution is 2.39. The van der Waals surface area contributed by atoms with Gasteiger partial charge in [0.15, 0.2) is 5.78 Å². The summed E-state index contributed by atoms with van der Waals surface area (Å²) in [6, 6.07) is 9.63. The molecule has 2 aromatic carbocycles. The second-order valence-electron chi connectivity index (χ2n) is 6.09. The number of aliphatic hydroxyl groups excluding tert-OH is 1. The average Bonchev–Trinajstić information content (AvgIpc) is 2.67. The van der Waals surface area contributed by atoms with E-state index >= 15 is 0 Å². The van der Waals surface area contributed by atoms with E-state index in [1.54, 1.807) is 24.3 Å². The average molecular weight is 372 g/mol. The van der Waals surface area contributed by atoms with Crippen LogP contribution in [-0.4, -0.2) is 42.3 Å². The largest absolute Gasteiger partial charge is 0.508 e. The fourth-order valence-electron chi connectivity index (χ4n) is 2.94. The number of benzene rings is 2. The van der Waals surface area contributed by atoms with E-state index in [2.05, 4.69) is 4.74 Å². The van der Waals surface area contributed by atoms with Crippen LogP contribution >= 0.6 is 0 Å². The molecule has 0 radical (unpaired) electrons. The Morgan fingerprint density at radius 1 is 1.26 bits per heavy atom. The zero-order valence-corrected chi connectivity index (χ0v) is 14.8. The van der Waals surface area contributed by atoms with Crippen LogP contribution in [-0.2, 0) is 4.74 Å². The summed E-state index contributed by atoms with van der Waals surface area (Å²) >= 11 is 0. The van der Waals surface area contributed by atoms with Gasteiger partial charge >= 0.3 is 5.97 Å². The molecule has 27 heavy (non-hydrogen) atoms. The Morgan fingerprint density at radius 3 is 2.67 bits per heavy atom. The molecule has 1 unspecified atom stereocenters. The van der Waals surface area contributed by atoms with Gasteiger partial charge in [0, 0.05) is 19.1 Å². The number of carbonyl (C=O) groups is 2. The first kappa shape index (κ1) is 18.7. The van der Waals surface area contributed by atoms with Gasteiger partial charge in [-0.3, -0.25) is 4.79 Å². The molecule has 0 amide bonds. The summed E-state index contributed by atoms with van der Waals surface area (Å²) in [6.45, 7) is 0.479. The van der Waals surface area contributed by atoms with Crippen molar-refractivity contribution in [2.45, 2.75) is 18.9 Å². The maximum absolute atomic E-state index is 12.6. The van der Waals surface area contributed by atoms with E-state index in [0.29, 0.717) is 18.8 Å². The van der Waals surface area contributed by atoms with Crippen molar-refractivity contribution in [2.24, 2.45) is 0 Å². The van der Waals surface area contributed by atoms with Gasteiger partial charge in [-0.05, 0) is 23.8 Å². The molecule has 0 aromatic heterocycles. The number of aromatic hydroxyl groups is 1. The Morgan fingerprint density at radius 2 is 2.00 bits per heavy atom. The minimum Gasteiger partial charge on any atom is -0.508 e. The van der Waals surface area contributed by atoms with Crippen LogP contribution in [0.2, 0.25) is 0 Å². The second kappa shape index (κ2) is 8.09. The van der Waals surface area contributed by atoms with Gasteiger partial charge in [0.1, 0.15) is 23.4 Å². The number of ketones is 1. The lowest BCUT2D eigenvalue weighted by Gasteiger charge is -2.27. The molecular weight excluding hydrogens is 352 g/mol. The first-order valence-corrected chi connectivity index (χ1v) is 8.52. The Bertz CT molecular complexity index is 842. The van der Waals surface area contributed by atoms with Gasteiger partial charge in [-0.2, -0.15) is 0 Å². The number of phenols is 1. The van der Waals surface area contributed by atoms with E-state index in [0.717, 1.165) is 5.56 Å². The molecule has 1 aliphatic heterocycles. The van der Waals surface area contributed by atoms with Gasteiger partial charge in [0.05, 0.1) is 31.3 Å². The first-order valence-electron chi connectivity index (χ1n) is 8.52. The molecule has 142 valence electrons. The Balaban J connectivity index is 1.83. The molecule has 2 aromatic rings. The van der Waals surface area contributed by atoms with Crippen LogP contribution in [0.15, 0.2) is 36.4 Å². The van der Waals surface area contributed by atoms with E-state index < -0.39 is 12.1 Å². The van der Waals surface area contributed by atoms with Crippen molar-refractivity contribution in [2.75, 3.05) is 20.3 Å². The van der Waals surface area contributed by atoms with Gasteiger partial charge in [0.25, 0.3) is 0 Å². The third-order valence-corrected chi connectivity index (χ3v) is 4.23. The fourth-order valence-corrected chi connectivity index (χ4v) is 2.94. The molecular formula is C20H20O7. The third kappa shape index (κ3) is 4.03. The summed E-state index contributed by atoms with van der Waals surface area (Å²) in [7, 11) is 1.21. The summed E-state index contributed by atoms with van der Waals surface area (Å²) in [5.74, 6) is -0.345. The molecule has 1 aliphatic rings. The number of rotatable bonds is 6. The summed E-state index contributed by atoms with van der Waals surface area (Å²) in [6.07, 6.45) is 0.0703.